The van der Waals surface area contributed by atoms with E-state index in [9.17, 15) is 35.9 Å². The maximum Gasteiger partial charge on any atom is 0.416 e. The molecule has 1 aliphatic rings. The van der Waals surface area contributed by atoms with Crippen LogP contribution in [0.4, 0.5) is 26.3 Å². The number of hydrogen-bond acceptors (Lipinski definition) is 5. The molecule has 0 aromatic heterocycles. The van der Waals surface area contributed by atoms with Crippen LogP contribution in [0.15, 0.2) is 89.4 Å². The lowest BCUT2D eigenvalue weighted by Gasteiger charge is -2.29. The Kier molecular flexibility index (Phi) is 9.62. The van der Waals surface area contributed by atoms with Gasteiger partial charge in [0.15, 0.2) is 0 Å². The average molecular weight is 614 g/mol. The summed E-state index contributed by atoms with van der Waals surface area (Å²) in [7, 11) is 0. The van der Waals surface area contributed by atoms with E-state index in [1.54, 1.807) is 74.5 Å². The van der Waals surface area contributed by atoms with E-state index in [0.717, 1.165) is 0 Å². The molecule has 0 amide bonds. The summed E-state index contributed by atoms with van der Waals surface area (Å²) in [6.07, 6.45) is -10.2. The van der Waals surface area contributed by atoms with Crippen molar-refractivity contribution in [2.24, 2.45) is 16.8 Å². The molecule has 0 fully saturated rings. The van der Waals surface area contributed by atoms with E-state index in [1.807, 2.05) is 0 Å². The fraction of sp³-hybridized carbons (Fsp3) is 0.242. The predicted octanol–water partition coefficient (Wildman–Crippen LogP) is 7.50. The standard InChI is InChI=1S/C33H25F6NO4/c1-3-43-30(41)27-20(2)40-29(23-12-8-5-9-13-23)28(26(27)15-14-21-10-6-4-7-11-21)31(42)44-19-22-16-24(32(34,35)36)18-25(17-22)33(37,38)39/h4-13,16-18,26-27H,3,19H2,1-2H3. The number of alkyl halides is 6. The Balaban J connectivity index is 1.83. The summed E-state index contributed by atoms with van der Waals surface area (Å²) >= 11 is 0. The Hall–Kier alpha value is -4.85. The largest absolute Gasteiger partial charge is 0.465 e. The van der Waals surface area contributed by atoms with Gasteiger partial charge in [-0.25, -0.2) is 4.79 Å². The first-order valence-electron chi connectivity index (χ1n) is 13.3. The SMILES string of the molecule is CCOC(=O)C1C(C)=NC(c2ccccc2)=C(C(=O)OCc2cc(C(F)(F)F)cc(C(F)(F)F)c2)C1C#Cc1ccccc1. The number of halogens is 6. The summed E-state index contributed by atoms with van der Waals surface area (Å²) in [6.45, 7) is 2.27. The zero-order valence-corrected chi connectivity index (χ0v) is 23.4. The Bertz CT molecular complexity index is 1620. The lowest BCUT2D eigenvalue weighted by atomic mass is 9.79. The van der Waals surface area contributed by atoms with Crippen molar-refractivity contribution in [2.45, 2.75) is 32.8 Å². The van der Waals surface area contributed by atoms with Crippen LogP contribution in [0.5, 0.6) is 0 Å². The normalized spacial score (nSPS) is 16.9. The fourth-order valence-corrected chi connectivity index (χ4v) is 4.61. The van der Waals surface area contributed by atoms with Gasteiger partial charge >= 0.3 is 24.3 Å². The zero-order chi connectivity index (χ0) is 32.1. The summed E-state index contributed by atoms with van der Waals surface area (Å²) in [5, 5.41) is 0. The molecular formula is C33H25F6NO4. The highest BCUT2D eigenvalue weighted by atomic mass is 19.4. The van der Waals surface area contributed by atoms with Crippen LogP contribution < -0.4 is 0 Å². The molecule has 228 valence electrons. The molecule has 3 aromatic rings. The van der Waals surface area contributed by atoms with E-state index in [0.29, 0.717) is 29.0 Å². The highest BCUT2D eigenvalue weighted by molar-refractivity contribution is 6.11. The maximum atomic E-state index is 13.8. The first kappa shape index (κ1) is 32.1. The van der Waals surface area contributed by atoms with Crippen molar-refractivity contribution in [3.63, 3.8) is 0 Å². The van der Waals surface area contributed by atoms with E-state index >= 15 is 0 Å². The molecule has 2 unspecified atom stereocenters. The molecule has 0 radical (unpaired) electrons. The number of rotatable bonds is 6. The number of benzene rings is 3. The van der Waals surface area contributed by atoms with Crippen molar-refractivity contribution in [2.75, 3.05) is 6.61 Å². The smallest absolute Gasteiger partial charge is 0.416 e. The highest BCUT2D eigenvalue weighted by Gasteiger charge is 2.42. The van der Waals surface area contributed by atoms with Crippen LogP contribution in [-0.2, 0) is 38.0 Å². The van der Waals surface area contributed by atoms with Crippen molar-refractivity contribution in [3.8, 4) is 11.8 Å². The quantitative estimate of drug-likeness (QED) is 0.164. The number of aliphatic imine (C=N–C) groups is 1. The number of nitrogens with zero attached hydrogens (tertiary/aromatic N) is 1. The molecule has 0 bridgehead atoms. The van der Waals surface area contributed by atoms with Crippen LogP contribution in [0, 0.1) is 23.7 Å². The molecule has 0 N–H and O–H groups in total. The van der Waals surface area contributed by atoms with Crippen molar-refractivity contribution in [1.82, 2.24) is 0 Å². The molecule has 4 rings (SSSR count). The minimum absolute atomic E-state index is 0.0148. The van der Waals surface area contributed by atoms with Gasteiger partial charge in [0.25, 0.3) is 0 Å². The second-order valence-corrected chi connectivity index (χ2v) is 9.71. The van der Waals surface area contributed by atoms with E-state index in [-0.39, 0.29) is 23.9 Å². The highest BCUT2D eigenvalue weighted by Crippen LogP contribution is 2.39. The minimum Gasteiger partial charge on any atom is -0.465 e. The summed E-state index contributed by atoms with van der Waals surface area (Å²) in [5.41, 5.74) is -2.42. The first-order valence-corrected chi connectivity index (χ1v) is 13.3. The van der Waals surface area contributed by atoms with Gasteiger partial charge in [0.2, 0.25) is 0 Å². The molecule has 0 saturated heterocycles. The van der Waals surface area contributed by atoms with Crippen LogP contribution in [0.2, 0.25) is 0 Å². The van der Waals surface area contributed by atoms with Gasteiger partial charge in [-0.15, -0.1) is 0 Å². The van der Waals surface area contributed by atoms with Crippen molar-refractivity contribution in [1.29, 1.82) is 0 Å². The fourth-order valence-electron chi connectivity index (χ4n) is 4.61. The van der Waals surface area contributed by atoms with Gasteiger partial charge in [0.1, 0.15) is 12.5 Å². The van der Waals surface area contributed by atoms with Crippen molar-refractivity contribution < 1.29 is 45.4 Å². The van der Waals surface area contributed by atoms with E-state index in [4.69, 9.17) is 9.47 Å². The molecule has 0 aliphatic carbocycles. The molecule has 0 spiro atoms. The molecule has 2 atom stereocenters. The third kappa shape index (κ3) is 7.56. The number of ether oxygens (including phenoxy) is 2. The van der Waals surface area contributed by atoms with Crippen LogP contribution >= 0.6 is 0 Å². The van der Waals surface area contributed by atoms with Crippen LogP contribution in [0.3, 0.4) is 0 Å². The van der Waals surface area contributed by atoms with Crippen LogP contribution in [0.1, 0.15) is 41.7 Å². The number of esters is 2. The summed E-state index contributed by atoms with van der Waals surface area (Å²) in [5.74, 6) is 1.73. The lowest BCUT2D eigenvalue weighted by molar-refractivity contribution is -0.147. The van der Waals surface area contributed by atoms with Crippen molar-refractivity contribution in [3.05, 3.63) is 112 Å². The van der Waals surface area contributed by atoms with Gasteiger partial charge in [-0.3, -0.25) is 9.79 Å². The molecule has 0 saturated carbocycles. The summed E-state index contributed by atoms with van der Waals surface area (Å²) in [4.78, 5) is 31.4. The summed E-state index contributed by atoms with van der Waals surface area (Å²) < 4.78 is 91.0. The Morgan fingerprint density at radius 1 is 0.841 bits per heavy atom. The van der Waals surface area contributed by atoms with Crippen molar-refractivity contribution >= 4 is 23.3 Å². The molecule has 11 heteroatoms. The van der Waals surface area contributed by atoms with Gasteiger partial charge < -0.3 is 9.47 Å². The number of carbonyl (C=O) groups is 2. The lowest BCUT2D eigenvalue weighted by Crippen LogP contribution is -2.37. The van der Waals surface area contributed by atoms with Crippen LogP contribution in [-0.4, -0.2) is 24.3 Å². The molecule has 3 aromatic carbocycles. The van der Waals surface area contributed by atoms with E-state index < -0.39 is 59.4 Å². The number of carbonyl (C=O) groups excluding carboxylic acids is 2. The second-order valence-electron chi connectivity index (χ2n) is 9.71. The molecular weight excluding hydrogens is 588 g/mol. The molecule has 1 aliphatic heterocycles. The average Bonchev–Trinajstić information content (AvgIpc) is 2.98. The zero-order valence-electron chi connectivity index (χ0n) is 23.4. The van der Waals surface area contributed by atoms with Gasteiger partial charge in [-0.1, -0.05) is 60.4 Å². The third-order valence-electron chi connectivity index (χ3n) is 6.61. The Labute approximate surface area is 249 Å². The van der Waals surface area contributed by atoms with Gasteiger partial charge in [-0.05, 0) is 49.7 Å². The van der Waals surface area contributed by atoms with E-state index in [2.05, 4.69) is 16.8 Å². The first-order chi connectivity index (χ1) is 20.8. The van der Waals surface area contributed by atoms with Gasteiger partial charge in [0.05, 0.1) is 34.9 Å². The molecule has 44 heavy (non-hydrogen) atoms. The molecule has 5 nitrogen and oxygen atoms in total. The number of hydrogen-bond donors (Lipinski definition) is 0. The second kappa shape index (κ2) is 13.2. The summed E-state index contributed by atoms with van der Waals surface area (Å²) in [6, 6.07) is 18.0. The predicted molar refractivity (Wildman–Crippen MR) is 150 cm³/mol. The minimum atomic E-state index is -5.08. The topological polar surface area (TPSA) is 65.0 Å². The van der Waals surface area contributed by atoms with Gasteiger partial charge in [0, 0.05) is 16.8 Å². The van der Waals surface area contributed by atoms with Crippen LogP contribution in [0.25, 0.3) is 5.70 Å². The molecule has 1 heterocycles. The monoisotopic (exact) mass is 613 g/mol. The van der Waals surface area contributed by atoms with Gasteiger partial charge in [-0.2, -0.15) is 26.3 Å². The maximum absolute atomic E-state index is 13.8. The Morgan fingerprint density at radius 3 is 1.95 bits per heavy atom. The van der Waals surface area contributed by atoms with E-state index in [1.165, 1.54) is 0 Å². The Morgan fingerprint density at radius 2 is 1.41 bits per heavy atom. The third-order valence-corrected chi connectivity index (χ3v) is 6.61.